The van der Waals surface area contributed by atoms with E-state index in [1.54, 1.807) is 0 Å². The van der Waals surface area contributed by atoms with Crippen LogP contribution in [0.15, 0.2) is 89.5 Å². The van der Waals surface area contributed by atoms with Crippen molar-refractivity contribution < 1.29 is 24.1 Å². The molecule has 2 aliphatic rings. The number of hydrogen-bond acceptors (Lipinski definition) is 6. The van der Waals surface area contributed by atoms with Gasteiger partial charge in [-0.1, -0.05) is 66.7 Å². The van der Waals surface area contributed by atoms with E-state index in [1.165, 1.54) is 11.8 Å². The minimum atomic E-state index is -0.902. The van der Waals surface area contributed by atoms with Gasteiger partial charge in [0.2, 0.25) is 6.79 Å². The van der Waals surface area contributed by atoms with Crippen molar-refractivity contribution in [1.29, 1.82) is 0 Å². The molecule has 0 saturated heterocycles. The van der Waals surface area contributed by atoms with Crippen LogP contribution in [0.1, 0.15) is 29.5 Å². The topological polar surface area (TPSA) is 65.0 Å². The zero-order valence-corrected chi connectivity index (χ0v) is 18.8. The van der Waals surface area contributed by atoms with E-state index in [9.17, 15) is 9.90 Å². The molecular formula is C27H24O5S. The van der Waals surface area contributed by atoms with Crippen molar-refractivity contribution in [2.24, 2.45) is 0 Å². The largest absolute Gasteiger partial charge is 0.511 e. The summed E-state index contributed by atoms with van der Waals surface area (Å²) in [6, 6.07) is 25.5. The van der Waals surface area contributed by atoms with Crippen molar-refractivity contribution in [2.75, 3.05) is 6.79 Å². The Morgan fingerprint density at radius 3 is 2.36 bits per heavy atom. The van der Waals surface area contributed by atoms with Gasteiger partial charge in [-0.3, -0.25) is 0 Å². The first-order valence-electron chi connectivity index (χ1n) is 10.9. The molecule has 3 aromatic carbocycles. The maximum atomic E-state index is 13.1. The van der Waals surface area contributed by atoms with Gasteiger partial charge in [0.05, 0.1) is 6.42 Å². The highest BCUT2D eigenvalue weighted by Gasteiger charge is 2.43. The Hall–Kier alpha value is -3.38. The van der Waals surface area contributed by atoms with Gasteiger partial charge in [-0.15, -0.1) is 11.8 Å². The van der Waals surface area contributed by atoms with Crippen LogP contribution in [0.3, 0.4) is 0 Å². The second-order valence-corrected chi connectivity index (χ2v) is 9.15. The van der Waals surface area contributed by atoms with Crippen LogP contribution in [-0.2, 0) is 27.3 Å². The van der Waals surface area contributed by atoms with Gasteiger partial charge in [0.15, 0.2) is 11.5 Å². The average molecular weight is 461 g/mol. The summed E-state index contributed by atoms with van der Waals surface area (Å²) in [5.74, 6) is 1.51. The molecule has 5 rings (SSSR count). The van der Waals surface area contributed by atoms with Crippen molar-refractivity contribution in [3.63, 3.8) is 0 Å². The first-order chi connectivity index (χ1) is 16.1. The minimum absolute atomic E-state index is 0.0777. The highest BCUT2D eigenvalue weighted by molar-refractivity contribution is 8.03. The molecule has 3 aromatic rings. The summed E-state index contributed by atoms with van der Waals surface area (Å²) in [6.07, 6.45) is 1.56. The number of rotatable bonds is 7. The third kappa shape index (κ3) is 4.57. The fourth-order valence-corrected chi connectivity index (χ4v) is 5.12. The van der Waals surface area contributed by atoms with Crippen LogP contribution in [-0.4, -0.2) is 17.9 Å². The van der Waals surface area contributed by atoms with Crippen LogP contribution < -0.4 is 9.47 Å². The van der Waals surface area contributed by atoms with Gasteiger partial charge in [0, 0.05) is 5.75 Å². The van der Waals surface area contributed by atoms with E-state index in [1.807, 2.05) is 66.7 Å². The number of aryl methyl sites for hydroxylation is 1. The summed E-state index contributed by atoms with van der Waals surface area (Å²) in [5, 5.41) is 11.0. The maximum absolute atomic E-state index is 13.1. The van der Waals surface area contributed by atoms with E-state index in [2.05, 4.69) is 12.1 Å². The molecule has 0 bridgehead atoms. The predicted octanol–water partition coefficient (Wildman–Crippen LogP) is 5.89. The van der Waals surface area contributed by atoms with Crippen LogP contribution in [0.25, 0.3) is 0 Å². The smallest absolute Gasteiger partial charge is 0.348 e. The van der Waals surface area contributed by atoms with Crippen molar-refractivity contribution in [3.8, 4) is 11.5 Å². The summed E-state index contributed by atoms with van der Waals surface area (Å²) in [4.78, 5) is 13.4. The Bertz CT molecular complexity index is 1180. The Kier molecular flexibility index (Phi) is 6.01. The Morgan fingerprint density at radius 2 is 1.61 bits per heavy atom. The zero-order chi connectivity index (χ0) is 22.7. The third-order valence-corrected chi connectivity index (χ3v) is 7.14. The number of carbonyl (C=O) groups is 1. The Balaban J connectivity index is 1.36. The average Bonchev–Trinajstić information content (AvgIpc) is 3.31. The molecule has 1 unspecified atom stereocenters. The number of cyclic esters (lactones) is 1. The van der Waals surface area contributed by atoms with Crippen LogP contribution in [0, 0.1) is 0 Å². The van der Waals surface area contributed by atoms with Crippen LogP contribution in [0.4, 0.5) is 0 Å². The summed E-state index contributed by atoms with van der Waals surface area (Å²) < 4.78 is 16.9. The first kappa shape index (κ1) is 21.5. The van der Waals surface area contributed by atoms with Crippen LogP contribution >= 0.6 is 11.8 Å². The molecule has 168 valence electrons. The molecule has 0 aliphatic carbocycles. The van der Waals surface area contributed by atoms with Gasteiger partial charge in [-0.05, 0) is 41.7 Å². The Labute approximate surface area is 197 Å². The van der Waals surface area contributed by atoms with E-state index in [0.29, 0.717) is 23.7 Å². The second kappa shape index (κ2) is 9.24. The van der Waals surface area contributed by atoms with Gasteiger partial charge >= 0.3 is 5.97 Å². The molecule has 0 spiro atoms. The highest BCUT2D eigenvalue weighted by Crippen LogP contribution is 2.44. The van der Waals surface area contributed by atoms with E-state index in [4.69, 9.17) is 14.2 Å². The molecule has 33 heavy (non-hydrogen) atoms. The fourth-order valence-electron chi connectivity index (χ4n) is 4.23. The molecule has 0 saturated carbocycles. The number of aliphatic hydroxyl groups excluding tert-OH is 1. The van der Waals surface area contributed by atoms with Gasteiger partial charge in [-0.25, -0.2) is 4.79 Å². The van der Waals surface area contributed by atoms with Crippen molar-refractivity contribution in [1.82, 2.24) is 0 Å². The monoisotopic (exact) mass is 460 g/mol. The fraction of sp³-hybridized carbons (Fsp3) is 0.222. The zero-order valence-electron chi connectivity index (χ0n) is 18.0. The summed E-state index contributed by atoms with van der Waals surface area (Å²) >= 11 is 1.28. The quantitative estimate of drug-likeness (QED) is 0.443. The lowest BCUT2D eigenvalue weighted by molar-refractivity contribution is -0.160. The lowest BCUT2D eigenvalue weighted by Gasteiger charge is -2.37. The number of thioether (sulfide) groups is 1. The number of fused-ring (bicyclic) bond motifs is 1. The molecule has 1 N–H and O–H groups in total. The number of carbonyl (C=O) groups excluding carboxylic acids is 1. The minimum Gasteiger partial charge on any atom is -0.511 e. The van der Waals surface area contributed by atoms with Crippen LogP contribution in [0.5, 0.6) is 11.5 Å². The molecule has 2 heterocycles. The van der Waals surface area contributed by atoms with E-state index >= 15 is 0 Å². The maximum Gasteiger partial charge on any atom is 0.348 e. The third-order valence-electron chi connectivity index (χ3n) is 5.97. The van der Waals surface area contributed by atoms with Gasteiger partial charge in [-0.2, -0.15) is 0 Å². The van der Waals surface area contributed by atoms with E-state index in [0.717, 1.165) is 23.1 Å². The highest BCUT2D eigenvalue weighted by atomic mass is 32.2. The number of hydrogen-bond donors (Lipinski definition) is 1. The standard InChI is InChI=1S/C27H24O5S/c28-22-16-27(21-9-5-2-6-10-21,14-13-19-7-3-1-4-8-19)32-26(29)25(22)33-17-20-11-12-23-24(15-20)31-18-30-23/h1-12,15,28H,13-14,16-18H2. The lowest BCUT2D eigenvalue weighted by Crippen LogP contribution is -2.38. The first-order valence-corrected chi connectivity index (χ1v) is 11.9. The molecule has 1 atom stereocenters. The van der Waals surface area contributed by atoms with Crippen molar-refractivity contribution >= 4 is 17.7 Å². The van der Waals surface area contributed by atoms with Crippen molar-refractivity contribution in [3.05, 3.63) is 106 Å². The summed E-state index contributed by atoms with van der Waals surface area (Å²) in [5.41, 5.74) is 2.12. The molecule has 6 heteroatoms. The molecule has 5 nitrogen and oxygen atoms in total. The number of aliphatic hydroxyl groups is 1. The lowest BCUT2D eigenvalue weighted by atomic mass is 9.82. The normalized spacial score (nSPS) is 19.5. The Morgan fingerprint density at radius 1 is 0.879 bits per heavy atom. The SMILES string of the molecule is O=C1OC(CCc2ccccc2)(c2ccccc2)CC(O)=C1SCc1ccc2c(c1)OCO2. The molecular weight excluding hydrogens is 436 g/mol. The number of ether oxygens (including phenoxy) is 3. The summed E-state index contributed by atoms with van der Waals surface area (Å²) in [7, 11) is 0. The second-order valence-electron chi connectivity index (χ2n) is 8.16. The molecule has 0 amide bonds. The number of benzene rings is 3. The molecule has 0 fully saturated rings. The van der Waals surface area contributed by atoms with Crippen LogP contribution in [0.2, 0.25) is 0 Å². The van der Waals surface area contributed by atoms with Gasteiger partial charge in [0.1, 0.15) is 16.3 Å². The van der Waals surface area contributed by atoms with Gasteiger partial charge < -0.3 is 19.3 Å². The molecule has 0 aromatic heterocycles. The number of esters is 1. The summed E-state index contributed by atoms with van der Waals surface area (Å²) in [6.45, 7) is 0.217. The predicted molar refractivity (Wildman–Crippen MR) is 127 cm³/mol. The van der Waals surface area contributed by atoms with E-state index < -0.39 is 11.6 Å². The molecule has 2 aliphatic heterocycles. The van der Waals surface area contributed by atoms with Crippen molar-refractivity contribution in [2.45, 2.75) is 30.6 Å². The molecule has 0 radical (unpaired) electrons. The van der Waals surface area contributed by atoms with E-state index in [-0.39, 0.29) is 23.9 Å². The van der Waals surface area contributed by atoms with Gasteiger partial charge in [0.25, 0.3) is 0 Å².